The van der Waals surface area contributed by atoms with E-state index in [4.69, 9.17) is 0 Å². The molecule has 0 amide bonds. The quantitative estimate of drug-likeness (QED) is 0.636. The molecule has 0 saturated heterocycles. The second kappa shape index (κ2) is 5.26. The molecule has 2 heteroatoms. The summed E-state index contributed by atoms with van der Waals surface area (Å²) in [4.78, 5) is 0. The fourth-order valence-corrected chi connectivity index (χ4v) is 2.19. The highest BCUT2D eigenvalue weighted by Gasteiger charge is 2.44. The Bertz CT molecular complexity index is 145. The lowest BCUT2D eigenvalue weighted by Gasteiger charge is -2.05. The van der Waals surface area contributed by atoms with Gasteiger partial charge < -0.3 is 5.32 Å². The standard InChI is InChI=1S/C11H23NS/c1-11(2)8-10(11)9-12-6-4-5-7-13-3/h10,12H,4-9H2,1-3H3. The molecule has 0 heterocycles. The van der Waals surface area contributed by atoms with Crippen LogP contribution in [-0.4, -0.2) is 25.1 Å². The van der Waals surface area contributed by atoms with Gasteiger partial charge in [-0.3, -0.25) is 0 Å². The lowest BCUT2D eigenvalue weighted by Crippen LogP contribution is -2.19. The van der Waals surface area contributed by atoms with Gasteiger partial charge in [0.15, 0.2) is 0 Å². The summed E-state index contributed by atoms with van der Waals surface area (Å²) in [7, 11) is 0. The number of nitrogens with one attached hydrogen (secondary N) is 1. The molecule has 1 aliphatic carbocycles. The van der Waals surface area contributed by atoms with Crippen molar-refractivity contribution in [3.63, 3.8) is 0 Å². The first-order valence-corrected chi connectivity index (χ1v) is 6.76. The first kappa shape index (κ1) is 11.4. The van der Waals surface area contributed by atoms with Crippen LogP contribution in [0.4, 0.5) is 0 Å². The maximum Gasteiger partial charge on any atom is -0.00152 e. The summed E-state index contributed by atoms with van der Waals surface area (Å²) in [6.45, 7) is 7.19. The van der Waals surface area contributed by atoms with Crippen molar-refractivity contribution >= 4 is 11.8 Å². The van der Waals surface area contributed by atoms with Crippen molar-refractivity contribution in [2.24, 2.45) is 11.3 Å². The Morgan fingerprint density at radius 3 is 2.62 bits per heavy atom. The molecule has 1 saturated carbocycles. The van der Waals surface area contributed by atoms with Crippen LogP contribution in [0.25, 0.3) is 0 Å². The lowest BCUT2D eigenvalue weighted by atomic mass is 10.1. The average molecular weight is 201 g/mol. The summed E-state index contributed by atoms with van der Waals surface area (Å²) in [6, 6.07) is 0. The van der Waals surface area contributed by atoms with E-state index in [9.17, 15) is 0 Å². The minimum atomic E-state index is 0.645. The fourth-order valence-electron chi connectivity index (χ4n) is 1.70. The monoisotopic (exact) mass is 201 g/mol. The number of rotatable bonds is 7. The summed E-state index contributed by atoms with van der Waals surface area (Å²) >= 11 is 1.95. The Morgan fingerprint density at radius 2 is 2.08 bits per heavy atom. The van der Waals surface area contributed by atoms with Gasteiger partial charge in [0.1, 0.15) is 0 Å². The van der Waals surface area contributed by atoms with Crippen molar-refractivity contribution in [2.45, 2.75) is 33.1 Å². The molecule has 0 aromatic heterocycles. The molecule has 1 unspecified atom stereocenters. The minimum Gasteiger partial charge on any atom is -0.316 e. The van der Waals surface area contributed by atoms with Crippen LogP contribution in [0.15, 0.2) is 0 Å². The van der Waals surface area contributed by atoms with E-state index >= 15 is 0 Å². The predicted molar refractivity (Wildman–Crippen MR) is 62.4 cm³/mol. The van der Waals surface area contributed by atoms with E-state index in [1.54, 1.807) is 0 Å². The Kier molecular flexibility index (Phi) is 4.60. The van der Waals surface area contributed by atoms with Gasteiger partial charge in [0.25, 0.3) is 0 Å². The molecule has 1 rings (SSSR count). The third kappa shape index (κ3) is 4.37. The molecule has 13 heavy (non-hydrogen) atoms. The van der Waals surface area contributed by atoms with Crippen LogP contribution >= 0.6 is 11.8 Å². The van der Waals surface area contributed by atoms with Gasteiger partial charge >= 0.3 is 0 Å². The van der Waals surface area contributed by atoms with Crippen molar-refractivity contribution in [1.29, 1.82) is 0 Å². The Morgan fingerprint density at radius 1 is 1.38 bits per heavy atom. The van der Waals surface area contributed by atoms with Gasteiger partial charge in [-0.15, -0.1) is 0 Å². The maximum atomic E-state index is 3.55. The molecular weight excluding hydrogens is 178 g/mol. The molecule has 1 atom stereocenters. The van der Waals surface area contributed by atoms with Crippen LogP contribution in [0.1, 0.15) is 33.1 Å². The summed E-state index contributed by atoms with van der Waals surface area (Å²) < 4.78 is 0. The van der Waals surface area contributed by atoms with E-state index in [0.717, 1.165) is 5.92 Å². The molecule has 1 N–H and O–H groups in total. The molecule has 78 valence electrons. The third-order valence-electron chi connectivity index (χ3n) is 3.06. The predicted octanol–water partition coefficient (Wildman–Crippen LogP) is 2.77. The normalized spacial score (nSPS) is 24.7. The average Bonchev–Trinajstić information content (AvgIpc) is 2.67. The van der Waals surface area contributed by atoms with Crippen molar-refractivity contribution < 1.29 is 0 Å². The zero-order valence-electron chi connectivity index (χ0n) is 9.23. The number of hydrogen-bond acceptors (Lipinski definition) is 2. The summed E-state index contributed by atoms with van der Waals surface area (Å²) in [5, 5.41) is 3.55. The van der Waals surface area contributed by atoms with Crippen LogP contribution in [0.3, 0.4) is 0 Å². The molecule has 0 spiro atoms. The van der Waals surface area contributed by atoms with E-state index < -0.39 is 0 Å². The van der Waals surface area contributed by atoms with Gasteiger partial charge in [-0.2, -0.15) is 11.8 Å². The van der Waals surface area contributed by atoms with Gasteiger partial charge in [-0.25, -0.2) is 0 Å². The smallest absolute Gasteiger partial charge is 0.00152 e. The van der Waals surface area contributed by atoms with E-state index in [-0.39, 0.29) is 0 Å². The van der Waals surface area contributed by atoms with Crippen LogP contribution in [0.5, 0.6) is 0 Å². The molecule has 1 fully saturated rings. The Balaban J connectivity index is 1.80. The van der Waals surface area contributed by atoms with Crippen LogP contribution in [0.2, 0.25) is 0 Å². The molecule has 0 aromatic carbocycles. The highest BCUT2D eigenvalue weighted by atomic mass is 32.2. The molecule has 0 aromatic rings. The number of thioether (sulfide) groups is 1. The van der Waals surface area contributed by atoms with Gasteiger partial charge in [-0.05, 0) is 55.7 Å². The zero-order chi connectivity index (χ0) is 9.73. The lowest BCUT2D eigenvalue weighted by molar-refractivity contribution is 0.515. The van der Waals surface area contributed by atoms with Gasteiger partial charge in [0.05, 0.1) is 0 Å². The van der Waals surface area contributed by atoms with E-state index in [2.05, 4.69) is 25.4 Å². The molecule has 0 aliphatic heterocycles. The van der Waals surface area contributed by atoms with E-state index in [1.807, 2.05) is 11.8 Å². The molecular formula is C11H23NS. The van der Waals surface area contributed by atoms with Crippen LogP contribution < -0.4 is 5.32 Å². The van der Waals surface area contributed by atoms with E-state index in [0.29, 0.717) is 5.41 Å². The van der Waals surface area contributed by atoms with Crippen molar-refractivity contribution in [3.05, 3.63) is 0 Å². The van der Waals surface area contributed by atoms with E-state index in [1.165, 1.54) is 38.1 Å². The fraction of sp³-hybridized carbons (Fsp3) is 1.00. The second-order valence-corrected chi connectivity index (χ2v) is 5.78. The summed E-state index contributed by atoms with van der Waals surface area (Å²) in [5.41, 5.74) is 0.645. The highest BCUT2D eigenvalue weighted by molar-refractivity contribution is 7.98. The summed E-state index contributed by atoms with van der Waals surface area (Å²) in [5.74, 6) is 2.27. The largest absolute Gasteiger partial charge is 0.316 e. The molecule has 0 bridgehead atoms. The van der Waals surface area contributed by atoms with Crippen molar-refractivity contribution in [3.8, 4) is 0 Å². The maximum absolute atomic E-state index is 3.55. The molecule has 0 radical (unpaired) electrons. The molecule has 1 aliphatic rings. The van der Waals surface area contributed by atoms with Crippen LogP contribution in [-0.2, 0) is 0 Å². The zero-order valence-corrected chi connectivity index (χ0v) is 10.0. The third-order valence-corrected chi connectivity index (χ3v) is 3.76. The van der Waals surface area contributed by atoms with Gasteiger partial charge in [0.2, 0.25) is 0 Å². The van der Waals surface area contributed by atoms with Gasteiger partial charge in [-0.1, -0.05) is 13.8 Å². The SMILES string of the molecule is CSCCCCNCC1CC1(C)C. The van der Waals surface area contributed by atoms with Gasteiger partial charge in [0, 0.05) is 0 Å². The number of unbranched alkanes of at least 4 members (excludes halogenated alkanes) is 1. The topological polar surface area (TPSA) is 12.0 Å². The van der Waals surface area contributed by atoms with Crippen LogP contribution in [0, 0.1) is 11.3 Å². The van der Waals surface area contributed by atoms with Crippen molar-refractivity contribution in [2.75, 3.05) is 25.1 Å². The minimum absolute atomic E-state index is 0.645. The Labute approximate surface area is 87.1 Å². The van der Waals surface area contributed by atoms with Crippen molar-refractivity contribution in [1.82, 2.24) is 5.32 Å². The second-order valence-electron chi connectivity index (χ2n) is 4.79. The number of hydrogen-bond donors (Lipinski definition) is 1. The molecule has 1 nitrogen and oxygen atoms in total. The first-order chi connectivity index (χ1) is 6.17. The Hall–Kier alpha value is 0.310. The first-order valence-electron chi connectivity index (χ1n) is 5.36. The summed E-state index contributed by atoms with van der Waals surface area (Å²) in [6.07, 6.45) is 6.31. The highest BCUT2D eigenvalue weighted by Crippen LogP contribution is 2.50.